The number of esters is 2. The van der Waals surface area contributed by atoms with Gasteiger partial charge in [-0.05, 0) is 38.0 Å². The van der Waals surface area contributed by atoms with E-state index in [1.165, 1.54) is 0 Å². The average Bonchev–Trinajstić information content (AvgIpc) is 3.02. The summed E-state index contributed by atoms with van der Waals surface area (Å²) >= 11 is 0. The molecule has 23 heavy (non-hydrogen) atoms. The Bertz CT molecular complexity index is 446. The zero-order valence-electron chi connectivity index (χ0n) is 14.8. The summed E-state index contributed by atoms with van der Waals surface area (Å²) < 4.78 is 10.1. The third-order valence-corrected chi connectivity index (χ3v) is 5.03. The van der Waals surface area contributed by atoms with Crippen LogP contribution in [0.1, 0.15) is 59.8 Å². The van der Waals surface area contributed by atoms with Gasteiger partial charge in [0.05, 0.1) is 37.5 Å². The van der Waals surface area contributed by atoms with Crippen LogP contribution in [0.25, 0.3) is 0 Å². The zero-order chi connectivity index (χ0) is 17.5. The summed E-state index contributed by atoms with van der Waals surface area (Å²) in [4.78, 5) is 24.3. The van der Waals surface area contributed by atoms with Gasteiger partial charge in [0.2, 0.25) is 0 Å². The van der Waals surface area contributed by atoms with E-state index >= 15 is 0 Å². The smallest absolute Gasteiger partial charge is 0.310 e. The van der Waals surface area contributed by atoms with Crippen LogP contribution < -0.4 is 0 Å². The lowest BCUT2D eigenvalue weighted by Gasteiger charge is -2.38. The quantitative estimate of drug-likeness (QED) is 0.639. The Hall–Kier alpha value is -1.57. The van der Waals surface area contributed by atoms with Crippen LogP contribution >= 0.6 is 0 Å². The molecule has 1 fully saturated rings. The number of nitriles is 1. The minimum absolute atomic E-state index is 0.0962. The fourth-order valence-corrected chi connectivity index (χ4v) is 3.68. The average molecular weight is 323 g/mol. The van der Waals surface area contributed by atoms with Crippen LogP contribution in [0.4, 0.5) is 0 Å². The van der Waals surface area contributed by atoms with E-state index in [9.17, 15) is 14.9 Å². The molecule has 0 spiro atoms. The molecule has 0 aromatic carbocycles. The summed E-state index contributed by atoms with van der Waals surface area (Å²) in [7, 11) is 0. The van der Waals surface area contributed by atoms with E-state index in [0.29, 0.717) is 5.92 Å². The highest BCUT2D eigenvalue weighted by Crippen LogP contribution is 2.47. The maximum absolute atomic E-state index is 12.4. The van der Waals surface area contributed by atoms with Gasteiger partial charge in [-0.25, -0.2) is 0 Å². The third-order valence-electron chi connectivity index (χ3n) is 5.03. The highest BCUT2D eigenvalue weighted by atomic mass is 16.5. The topological polar surface area (TPSA) is 76.4 Å². The van der Waals surface area contributed by atoms with Crippen molar-refractivity contribution in [3.63, 3.8) is 0 Å². The largest absolute Gasteiger partial charge is 0.466 e. The monoisotopic (exact) mass is 323 g/mol. The molecule has 1 saturated carbocycles. The predicted octanol–water partition coefficient (Wildman–Crippen LogP) is 3.48. The van der Waals surface area contributed by atoms with Crippen molar-refractivity contribution in [1.82, 2.24) is 0 Å². The molecule has 0 N–H and O–H groups in total. The Morgan fingerprint density at radius 3 is 2.22 bits per heavy atom. The molecule has 0 heterocycles. The molecule has 0 aliphatic heterocycles. The van der Waals surface area contributed by atoms with E-state index in [2.05, 4.69) is 6.07 Å². The van der Waals surface area contributed by atoms with Crippen molar-refractivity contribution in [2.45, 2.75) is 59.8 Å². The van der Waals surface area contributed by atoms with Gasteiger partial charge in [0.1, 0.15) is 0 Å². The Kier molecular flexibility index (Phi) is 7.54. The van der Waals surface area contributed by atoms with Gasteiger partial charge in [0.25, 0.3) is 0 Å². The predicted molar refractivity (Wildman–Crippen MR) is 86.2 cm³/mol. The Labute approximate surface area is 139 Å². The van der Waals surface area contributed by atoms with Gasteiger partial charge in [-0.1, -0.05) is 26.7 Å². The van der Waals surface area contributed by atoms with E-state index in [1.54, 1.807) is 13.8 Å². The first-order chi connectivity index (χ1) is 10.9. The molecule has 2 atom stereocenters. The molecule has 5 heteroatoms. The number of hydrogen-bond acceptors (Lipinski definition) is 5. The normalized spacial score (nSPS) is 18.0. The first-order valence-corrected chi connectivity index (χ1v) is 8.60. The van der Waals surface area contributed by atoms with Crippen molar-refractivity contribution in [2.75, 3.05) is 13.2 Å². The Morgan fingerprint density at radius 1 is 1.17 bits per heavy atom. The molecule has 0 aromatic heterocycles. The highest BCUT2D eigenvalue weighted by Gasteiger charge is 2.46. The molecule has 130 valence electrons. The number of rotatable bonds is 8. The van der Waals surface area contributed by atoms with Crippen LogP contribution in [0.3, 0.4) is 0 Å². The fourth-order valence-electron chi connectivity index (χ4n) is 3.68. The molecular weight excluding hydrogens is 294 g/mol. The second kappa shape index (κ2) is 8.90. The van der Waals surface area contributed by atoms with Crippen LogP contribution in [-0.2, 0) is 19.1 Å². The van der Waals surface area contributed by atoms with Crippen LogP contribution in [-0.4, -0.2) is 25.2 Å². The van der Waals surface area contributed by atoms with Crippen molar-refractivity contribution in [3.05, 3.63) is 0 Å². The van der Waals surface area contributed by atoms with Crippen LogP contribution in [0.2, 0.25) is 0 Å². The van der Waals surface area contributed by atoms with E-state index in [0.717, 1.165) is 25.7 Å². The van der Waals surface area contributed by atoms with Gasteiger partial charge >= 0.3 is 11.9 Å². The van der Waals surface area contributed by atoms with E-state index in [1.807, 2.05) is 13.8 Å². The second-order valence-electron chi connectivity index (χ2n) is 6.78. The summed E-state index contributed by atoms with van der Waals surface area (Å²) in [6.45, 7) is 8.02. The molecule has 1 rings (SSSR count). The molecular formula is C18H29NO4. The standard InChI is InChI=1S/C18H29NO4/c1-5-22-16(20)11-14(17(21)23-6-2)15(12-19)18(3,4)13-9-7-8-10-13/h13-15H,5-11H2,1-4H3. The van der Waals surface area contributed by atoms with Gasteiger partial charge in [-0.3, -0.25) is 9.59 Å². The second-order valence-corrected chi connectivity index (χ2v) is 6.78. The summed E-state index contributed by atoms with van der Waals surface area (Å²) in [6.07, 6.45) is 4.36. The fraction of sp³-hybridized carbons (Fsp3) is 0.833. The summed E-state index contributed by atoms with van der Waals surface area (Å²) in [6, 6.07) is 2.30. The van der Waals surface area contributed by atoms with Gasteiger partial charge < -0.3 is 9.47 Å². The first kappa shape index (κ1) is 19.5. The van der Waals surface area contributed by atoms with Crippen molar-refractivity contribution in [3.8, 4) is 6.07 Å². The summed E-state index contributed by atoms with van der Waals surface area (Å²) in [5.41, 5.74) is -0.338. The summed E-state index contributed by atoms with van der Waals surface area (Å²) in [5.74, 6) is -1.86. The molecule has 0 aromatic rings. The molecule has 0 saturated heterocycles. The van der Waals surface area contributed by atoms with Gasteiger partial charge in [0.15, 0.2) is 0 Å². The molecule has 1 aliphatic rings. The maximum atomic E-state index is 12.4. The molecule has 5 nitrogen and oxygen atoms in total. The molecule has 0 radical (unpaired) electrons. The SMILES string of the molecule is CCOC(=O)CC(C(=O)OCC)C(C#N)C(C)(C)C1CCCC1. The van der Waals surface area contributed by atoms with Gasteiger partial charge in [0, 0.05) is 0 Å². The van der Waals surface area contributed by atoms with Crippen molar-refractivity contribution >= 4 is 11.9 Å². The number of ether oxygens (including phenoxy) is 2. The lowest BCUT2D eigenvalue weighted by Crippen LogP contribution is -2.40. The molecule has 0 amide bonds. The van der Waals surface area contributed by atoms with E-state index in [4.69, 9.17) is 9.47 Å². The maximum Gasteiger partial charge on any atom is 0.310 e. The van der Waals surface area contributed by atoms with Gasteiger partial charge in [-0.2, -0.15) is 5.26 Å². The molecule has 2 unspecified atom stereocenters. The number of hydrogen-bond donors (Lipinski definition) is 0. The van der Waals surface area contributed by atoms with E-state index in [-0.39, 0.29) is 25.0 Å². The van der Waals surface area contributed by atoms with Crippen LogP contribution in [0.15, 0.2) is 0 Å². The molecule has 1 aliphatic carbocycles. The lowest BCUT2D eigenvalue weighted by molar-refractivity contribution is -0.158. The molecule has 0 bridgehead atoms. The highest BCUT2D eigenvalue weighted by molar-refractivity contribution is 5.80. The summed E-state index contributed by atoms with van der Waals surface area (Å²) in [5, 5.41) is 9.74. The lowest BCUT2D eigenvalue weighted by atomic mass is 9.64. The minimum Gasteiger partial charge on any atom is -0.466 e. The van der Waals surface area contributed by atoms with Crippen molar-refractivity contribution in [2.24, 2.45) is 23.2 Å². The third kappa shape index (κ3) is 4.95. The Morgan fingerprint density at radius 2 is 1.74 bits per heavy atom. The van der Waals surface area contributed by atoms with Crippen LogP contribution in [0.5, 0.6) is 0 Å². The van der Waals surface area contributed by atoms with E-state index < -0.39 is 23.8 Å². The first-order valence-electron chi connectivity index (χ1n) is 8.60. The Balaban J connectivity index is 3.01. The van der Waals surface area contributed by atoms with Crippen molar-refractivity contribution in [1.29, 1.82) is 5.26 Å². The number of carbonyl (C=O) groups excluding carboxylic acids is 2. The zero-order valence-corrected chi connectivity index (χ0v) is 14.8. The van der Waals surface area contributed by atoms with Crippen LogP contribution in [0, 0.1) is 34.5 Å². The van der Waals surface area contributed by atoms with Gasteiger partial charge in [-0.15, -0.1) is 0 Å². The number of nitrogens with zero attached hydrogens (tertiary/aromatic N) is 1. The minimum atomic E-state index is -0.769. The number of carbonyl (C=O) groups is 2. The van der Waals surface area contributed by atoms with Crippen molar-refractivity contribution < 1.29 is 19.1 Å².